The molecule has 1 saturated heterocycles. The third-order valence-corrected chi connectivity index (χ3v) is 5.19. The summed E-state index contributed by atoms with van der Waals surface area (Å²) in [6.45, 7) is 0.600. The first kappa shape index (κ1) is 11.2. The first-order valence-corrected chi connectivity index (χ1v) is 7.43. The molecule has 1 heterocycles. The Morgan fingerprint density at radius 2 is 2.27 bits per heavy atom. The molecule has 0 amide bonds. The molecule has 0 bridgehead atoms. The van der Waals surface area contributed by atoms with Gasteiger partial charge in [0.15, 0.2) is 0 Å². The van der Waals surface area contributed by atoms with Crippen molar-refractivity contribution < 1.29 is 9.05 Å². The molecule has 0 radical (unpaired) electrons. The maximum absolute atomic E-state index is 5.76. The highest BCUT2D eigenvalue weighted by Gasteiger charge is 2.32. The molecule has 1 N–H and O–H groups in total. The van der Waals surface area contributed by atoms with Gasteiger partial charge >= 0.3 is 0 Å². The standard InChI is InChI=1S/C10H14NO2PS/c1-8-5-3-4-6-9(8)10-7-11-14(15,12-2)13-10/h3-6,10H,7H2,1-2H3,(H,11,15). The fraction of sp³-hybridized carbons (Fsp3) is 0.400. The van der Waals surface area contributed by atoms with Gasteiger partial charge in [-0.05, 0) is 29.9 Å². The molecule has 82 valence electrons. The lowest BCUT2D eigenvalue weighted by Gasteiger charge is -2.15. The van der Waals surface area contributed by atoms with Crippen LogP contribution in [0.25, 0.3) is 0 Å². The zero-order chi connectivity index (χ0) is 10.9. The topological polar surface area (TPSA) is 30.5 Å². The van der Waals surface area contributed by atoms with Crippen molar-refractivity contribution in [1.29, 1.82) is 0 Å². The minimum Gasteiger partial charge on any atom is -0.321 e. The molecule has 0 aliphatic carbocycles. The highest BCUT2D eigenvalue weighted by atomic mass is 32.5. The molecule has 15 heavy (non-hydrogen) atoms. The molecule has 3 nitrogen and oxygen atoms in total. The molecule has 0 saturated carbocycles. The molecule has 0 aromatic heterocycles. The summed E-state index contributed by atoms with van der Waals surface area (Å²) in [7, 11) is 1.59. The van der Waals surface area contributed by atoms with Crippen LogP contribution in [0.2, 0.25) is 0 Å². The molecular weight excluding hydrogens is 229 g/mol. The van der Waals surface area contributed by atoms with Gasteiger partial charge in [-0.3, -0.25) is 0 Å². The number of nitrogens with one attached hydrogen (secondary N) is 1. The average molecular weight is 243 g/mol. The van der Waals surface area contributed by atoms with Gasteiger partial charge in [0.1, 0.15) is 6.10 Å². The van der Waals surface area contributed by atoms with Gasteiger partial charge < -0.3 is 9.05 Å². The summed E-state index contributed by atoms with van der Waals surface area (Å²) < 4.78 is 10.9. The van der Waals surface area contributed by atoms with Crippen molar-refractivity contribution in [3.05, 3.63) is 35.4 Å². The van der Waals surface area contributed by atoms with E-state index >= 15 is 0 Å². The van der Waals surface area contributed by atoms with Crippen molar-refractivity contribution >= 4 is 18.4 Å². The Morgan fingerprint density at radius 1 is 1.53 bits per heavy atom. The van der Waals surface area contributed by atoms with Crippen molar-refractivity contribution in [2.75, 3.05) is 13.7 Å². The van der Waals surface area contributed by atoms with Gasteiger partial charge in [-0.1, -0.05) is 24.3 Å². The first-order chi connectivity index (χ1) is 7.14. The minimum atomic E-state index is -2.21. The summed E-state index contributed by atoms with van der Waals surface area (Å²) >= 11 is 5.24. The van der Waals surface area contributed by atoms with Gasteiger partial charge in [-0.25, -0.2) is 5.09 Å². The van der Waals surface area contributed by atoms with Crippen LogP contribution in [0.3, 0.4) is 0 Å². The zero-order valence-corrected chi connectivity index (χ0v) is 10.5. The maximum Gasteiger partial charge on any atom is 0.261 e. The second kappa shape index (κ2) is 4.32. The number of benzene rings is 1. The van der Waals surface area contributed by atoms with E-state index in [2.05, 4.69) is 24.1 Å². The number of hydrogen-bond donors (Lipinski definition) is 1. The molecule has 1 aromatic carbocycles. The zero-order valence-electron chi connectivity index (χ0n) is 8.77. The van der Waals surface area contributed by atoms with Crippen molar-refractivity contribution in [3.8, 4) is 0 Å². The van der Waals surface area contributed by atoms with Crippen LogP contribution in [0.1, 0.15) is 17.2 Å². The van der Waals surface area contributed by atoms with Crippen molar-refractivity contribution in [3.63, 3.8) is 0 Å². The molecule has 1 aliphatic heterocycles. The first-order valence-electron chi connectivity index (χ1n) is 4.79. The highest BCUT2D eigenvalue weighted by molar-refractivity contribution is 8.09. The van der Waals surface area contributed by atoms with Crippen LogP contribution >= 0.6 is 6.64 Å². The SMILES string of the molecule is COP1(=S)NCC(c2ccccc2C)O1. The molecule has 2 rings (SSSR count). The van der Waals surface area contributed by atoms with Crippen LogP contribution in [0.15, 0.2) is 24.3 Å². The van der Waals surface area contributed by atoms with Crippen LogP contribution in [0.4, 0.5) is 0 Å². The second-order valence-corrected chi connectivity index (χ2v) is 6.82. The number of aryl methyl sites for hydroxylation is 1. The van der Waals surface area contributed by atoms with Gasteiger partial charge in [-0.2, -0.15) is 0 Å². The van der Waals surface area contributed by atoms with E-state index in [1.807, 2.05) is 12.1 Å². The fourth-order valence-corrected chi connectivity index (χ4v) is 3.40. The Morgan fingerprint density at radius 3 is 2.87 bits per heavy atom. The van der Waals surface area contributed by atoms with E-state index in [9.17, 15) is 0 Å². The Hall–Kier alpha value is -0.250. The molecule has 1 aliphatic rings. The van der Waals surface area contributed by atoms with Crippen LogP contribution in [-0.4, -0.2) is 13.7 Å². The molecular formula is C10H14NO2PS. The van der Waals surface area contributed by atoms with E-state index < -0.39 is 6.64 Å². The average Bonchev–Trinajstić information content (AvgIpc) is 2.63. The molecule has 5 heteroatoms. The van der Waals surface area contributed by atoms with Crippen LogP contribution in [0, 0.1) is 6.92 Å². The molecule has 1 aromatic rings. The predicted molar refractivity (Wildman–Crippen MR) is 64.3 cm³/mol. The van der Waals surface area contributed by atoms with Gasteiger partial charge in [0.25, 0.3) is 6.64 Å². The third-order valence-electron chi connectivity index (χ3n) is 2.51. The van der Waals surface area contributed by atoms with Gasteiger partial charge in [0, 0.05) is 13.7 Å². The van der Waals surface area contributed by atoms with E-state index in [1.165, 1.54) is 11.1 Å². The van der Waals surface area contributed by atoms with E-state index in [1.54, 1.807) is 7.11 Å². The lowest BCUT2D eigenvalue weighted by molar-refractivity contribution is 0.233. The Kier molecular flexibility index (Phi) is 3.24. The summed E-state index contributed by atoms with van der Waals surface area (Å²) in [5.74, 6) is 0. The molecule has 2 unspecified atom stereocenters. The second-order valence-electron chi connectivity index (χ2n) is 3.49. The number of rotatable bonds is 2. The number of hydrogen-bond acceptors (Lipinski definition) is 3. The quantitative estimate of drug-likeness (QED) is 0.808. The van der Waals surface area contributed by atoms with Crippen LogP contribution in [-0.2, 0) is 20.9 Å². The molecule has 1 fully saturated rings. The largest absolute Gasteiger partial charge is 0.321 e. The Bertz CT molecular complexity index is 410. The summed E-state index contributed by atoms with van der Waals surface area (Å²) in [6, 6.07) is 8.18. The smallest absolute Gasteiger partial charge is 0.261 e. The normalized spacial score (nSPS) is 30.7. The van der Waals surface area contributed by atoms with E-state index in [-0.39, 0.29) is 6.10 Å². The highest BCUT2D eigenvalue weighted by Crippen LogP contribution is 2.52. The Labute approximate surface area is 95.0 Å². The summed E-state index contributed by atoms with van der Waals surface area (Å²) in [5.41, 5.74) is 2.41. The lowest BCUT2D eigenvalue weighted by Crippen LogP contribution is -2.07. The summed E-state index contributed by atoms with van der Waals surface area (Å²) in [5, 5.41) is 3.14. The van der Waals surface area contributed by atoms with Crippen molar-refractivity contribution in [1.82, 2.24) is 5.09 Å². The third kappa shape index (κ3) is 2.30. The van der Waals surface area contributed by atoms with E-state index in [0.717, 1.165) is 6.54 Å². The van der Waals surface area contributed by atoms with Crippen molar-refractivity contribution in [2.45, 2.75) is 13.0 Å². The van der Waals surface area contributed by atoms with E-state index in [0.29, 0.717) is 0 Å². The molecule has 0 spiro atoms. The monoisotopic (exact) mass is 243 g/mol. The summed E-state index contributed by atoms with van der Waals surface area (Å²) in [6.07, 6.45) is 0.0250. The Balaban J connectivity index is 2.22. The minimum absolute atomic E-state index is 0.0250. The van der Waals surface area contributed by atoms with Gasteiger partial charge in [-0.15, -0.1) is 0 Å². The van der Waals surface area contributed by atoms with Gasteiger partial charge in [0.05, 0.1) is 0 Å². The fourth-order valence-electron chi connectivity index (χ4n) is 1.66. The van der Waals surface area contributed by atoms with Crippen molar-refractivity contribution in [2.24, 2.45) is 0 Å². The van der Waals surface area contributed by atoms with Crippen LogP contribution < -0.4 is 5.09 Å². The van der Waals surface area contributed by atoms with E-state index in [4.69, 9.17) is 20.9 Å². The molecule has 2 atom stereocenters. The van der Waals surface area contributed by atoms with Gasteiger partial charge in [0.2, 0.25) is 0 Å². The van der Waals surface area contributed by atoms with Crippen LogP contribution in [0.5, 0.6) is 0 Å². The maximum atomic E-state index is 5.76. The summed E-state index contributed by atoms with van der Waals surface area (Å²) in [4.78, 5) is 0. The lowest BCUT2D eigenvalue weighted by atomic mass is 10.0. The predicted octanol–water partition coefficient (Wildman–Crippen LogP) is 2.53.